The smallest absolute Gasteiger partial charge is 0.236 e. The maximum atomic E-state index is 12.5. The van der Waals surface area contributed by atoms with Gasteiger partial charge in [-0.05, 0) is 43.7 Å². The molecule has 1 aromatic heterocycles. The lowest BCUT2D eigenvalue weighted by Crippen LogP contribution is -2.54. The van der Waals surface area contributed by atoms with Crippen molar-refractivity contribution < 1.29 is 9.59 Å². The molecule has 3 aliphatic rings. The van der Waals surface area contributed by atoms with Gasteiger partial charge in [0.1, 0.15) is 0 Å². The van der Waals surface area contributed by atoms with Crippen LogP contribution in [0, 0.1) is 0 Å². The molecule has 0 bridgehead atoms. The van der Waals surface area contributed by atoms with E-state index in [-0.39, 0.29) is 17.4 Å². The van der Waals surface area contributed by atoms with Crippen LogP contribution >= 0.6 is 0 Å². The maximum absolute atomic E-state index is 12.5. The summed E-state index contributed by atoms with van der Waals surface area (Å²) in [6.45, 7) is 4.83. The number of hydrogen-bond donors (Lipinski definition) is 0. The van der Waals surface area contributed by atoms with Gasteiger partial charge in [0.2, 0.25) is 11.8 Å². The molecular formula is C20H28N4O2. The van der Waals surface area contributed by atoms with Gasteiger partial charge in [-0.25, -0.2) is 0 Å². The summed E-state index contributed by atoms with van der Waals surface area (Å²) in [5, 5.41) is 0. The predicted molar refractivity (Wildman–Crippen MR) is 98.2 cm³/mol. The molecule has 6 nitrogen and oxygen atoms in total. The molecule has 0 saturated carbocycles. The lowest BCUT2D eigenvalue weighted by Gasteiger charge is -2.45. The third-order valence-corrected chi connectivity index (χ3v) is 6.35. The van der Waals surface area contributed by atoms with Crippen LogP contribution in [0.25, 0.3) is 0 Å². The van der Waals surface area contributed by atoms with Crippen LogP contribution in [0.1, 0.15) is 44.1 Å². The average molecular weight is 356 g/mol. The number of carbonyl (C=O) groups excluding carboxylic acids is 2. The van der Waals surface area contributed by atoms with Gasteiger partial charge < -0.3 is 9.80 Å². The van der Waals surface area contributed by atoms with Gasteiger partial charge in [0.15, 0.2) is 0 Å². The molecule has 0 N–H and O–H groups in total. The topological polar surface area (TPSA) is 56.8 Å². The maximum Gasteiger partial charge on any atom is 0.236 e. The van der Waals surface area contributed by atoms with Crippen molar-refractivity contribution in [1.82, 2.24) is 19.7 Å². The van der Waals surface area contributed by atoms with Gasteiger partial charge in [-0.3, -0.25) is 19.5 Å². The molecule has 3 saturated heterocycles. The summed E-state index contributed by atoms with van der Waals surface area (Å²) in [4.78, 5) is 35.5. The number of nitrogens with zero attached hydrogens (tertiary/aromatic N) is 4. The summed E-state index contributed by atoms with van der Waals surface area (Å²) in [7, 11) is 0. The van der Waals surface area contributed by atoms with Crippen molar-refractivity contribution in [2.24, 2.45) is 0 Å². The van der Waals surface area contributed by atoms with Crippen LogP contribution in [0.3, 0.4) is 0 Å². The molecule has 3 aliphatic heterocycles. The van der Waals surface area contributed by atoms with E-state index in [0.717, 1.165) is 63.8 Å². The summed E-state index contributed by atoms with van der Waals surface area (Å²) < 4.78 is 0. The summed E-state index contributed by atoms with van der Waals surface area (Å²) in [5.74, 6) is 0.531. The number of pyridine rings is 1. The minimum absolute atomic E-state index is 0.0277. The monoisotopic (exact) mass is 356 g/mol. The zero-order valence-electron chi connectivity index (χ0n) is 15.4. The van der Waals surface area contributed by atoms with E-state index in [9.17, 15) is 9.59 Å². The fourth-order valence-corrected chi connectivity index (χ4v) is 4.71. The van der Waals surface area contributed by atoms with E-state index in [2.05, 4.69) is 14.8 Å². The van der Waals surface area contributed by atoms with E-state index in [1.807, 2.05) is 23.2 Å². The van der Waals surface area contributed by atoms with Gasteiger partial charge in [0.05, 0.1) is 6.54 Å². The summed E-state index contributed by atoms with van der Waals surface area (Å²) >= 11 is 0. The first kappa shape index (κ1) is 17.5. The van der Waals surface area contributed by atoms with Crippen molar-refractivity contribution in [1.29, 1.82) is 0 Å². The van der Waals surface area contributed by atoms with Crippen LogP contribution in [0.5, 0.6) is 0 Å². The quantitative estimate of drug-likeness (QED) is 0.823. The van der Waals surface area contributed by atoms with E-state index < -0.39 is 0 Å². The van der Waals surface area contributed by atoms with Crippen molar-refractivity contribution in [3.05, 3.63) is 30.1 Å². The van der Waals surface area contributed by atoms with Gasteiger partial charge in [-0.1, -0.05) is 6.07 Å². The molecule has 0 aromatic carbocycles. The third kappa shape index (κ3) is 3.47. The number of carbonyl (C=O) groups is 2. The minimum Gasteiger partial charge on any atom is -0.342 e. The first-order chi connectivity index (χ1) is 12.7. The Kier molecular flexibility index (Phi) is 4.94. The highest BCUT2D eigenvalue weighted by Crippen LogP contribution is 2.40. The first-order valence-electron chi connectivity index (χ1n) is 9.86. The van der Waals surface area contributed by atoms with E-state index in [1.165, 1.54) is 0 Å². The molecule has 140 valence electrons. The Morgan fingerprint density at radius 1 is 1.12 bits per heavy atom. The van der Waals surface area contributed by atoms with Crippen molar-refractivity contribution in [3.63, 3.8) is 0 Å². The molecule has 3 fully saturated rings. The Bertz CT molecular complexity index is 649. The number of amides is 2. The van der Waals surface area contributed by atoms with E-state index in [4.69, 9.17) is 0 Å². The Morgan fingerprint density at radius 2 is 1.88 bits per heavy atom. The second-order valence-corrected chi connectivity index (χ2v) is 7.93. The zero-order chi connectivity index (χ0) is 18.0. The lowest BCUT2D eigenvalue weighted by molar-refractivity contribution is -0.135. The Hall–Kier alpha value is -1.95. The second kappa shape index (κ2) is 7.35. The van der Waals surface area contributed by atoms with Crippen molar-refractivity contribution >= 4 is 11.8 Å². The van der Waals surface area contributed by atoms with Crippen molar-refractivity contribution in [3.8, 4) is 0 Å². The standard InChI is InChI=1S/C20H28N4O2/c25-18-5-6-20(24(18)15-17-4-3-9-21-14-17)7-12-22(13-8-20)16-19(26)23-10-1-2-11-23/h3-4,9,14H,1-2,5-8,10-13,15-16H2. The number of hydrogen-bond acceptors (Lipinski definition) is 4. The molecule has 4 heterocycles. The molecule has 1 spiro atoms. The van der Waals surface area contributed by atoms with Crippen LogP contribution in [-0.2, 0) is 16.1 Å². The van der Waals surface area contributed by atoms with Crippen LogP contribution in [0.15, 0.2) is 24.5 Å². The second-order valence-electron chi connectivity index (χ2n) is 7.93. The SMILES string of the molecule is O=C(CN1CCC2(CCC(=O)N2Cc2cccnc2)CC1)N1CCCC1. The fourth-order valence-electron chi connectivity index (χ4n) is 4.71. The van der Waals surface area contributed by atoms with Gasteiger partial charge in [-0.15, -0.1) is 0 Å². The molecular weight excluding hydrogens is 328 g/mol. The molecule has 0 unspecified atom stereocenters. The molecule has 0 radical (unpaired) electrons. The summed E-state index contributed by atoms with van der Waals surface area (Å²) in [6.07, 6.45) is 9.41. The fraction of sp³-hybridized carbons (Fsp3) is 0.650. The number of piperidine rings is 1. The van der Waals surface area contributed by atoms with Crippen LogP contribution < -0.4 is 0 Å². The lowest BCUT2D eigenvalue weighted by atomic mass is 9.84. The highest BCUT2D eigenvalue weighted by molar-refractivity contribution is 5.80. The molecule has 0 atom stereocenters. The van der Waals surface area contributed by atoms with Gasteiger partial charge in [-0.2, -0.15) is 0 Å². The van der Waals surface area contributed by atoms with Gasteiger partial charge in [0, 0.05) is 57.1 Å². The highest BCUT2D eigenvalue weighted by Gasteiger charge is 2.46. The summed E-state index contributed by atoms with van der Waals surface area (Å²) in [5.41, 5.74) is 1.06. The van der Waals surface area contributed by atoms with E-state index >= 15 is 0 Å². The molecule has 1 aromatic rings. The van der Waals surface area contributed by atoms with Crippen molar-refractivity contribution in [2.75, 3.05) is 32.7 Å². The molecule has 0 aliphatic carbocycles. The van der Waals surface area contributed by atoms with E-state index in [1.54, 1.807) is 6.20 Å². The highest BCUT2D eigenvalue weighted by atomic mass is 16.2. The molecule has 26 heavy (non-hydrogen) atoms. The summed E-state index contributed by atoms with van der Waals surface area (Å²) in [6, 6.07) is 3.96. The molecule has 4 rings (SSSR count). The first-order valence-corrected chi connectivity index (χ1v) is 9.86. The Labute approximate surface area is 155 Å². The molecule has 2 amide bonds. The zero-order valence-corrected chi connectivity index (χ0v) is 15.4. The predicted octanol–water partition coefficient (Wildman–Crippen LogP) is 1.66. The number of rotatable bonds is 4. The number of aromatic nitrogens is 1. The van der Waals surface area contributed by atoms with Crippen LogP contribution in [-0.4, -0.2) is 69.8 Å². The van der Waals surface area contributed by atoms with Crippen LogP contribution in [0.4, 0.5) is 0 Å². The van der Waals surface area contributed by atoms with Gasteiger partial charge in [0.25, 0.3) is 0 Å². The minimum atomic E-state index is -0.0277. The normalized spacial score (nSPS) is 23.2. The largest absolute Gasteiger partial charge is 0.342 e. The Balaban J connectivity index is 1.37. The Morgan fingerprint density at radius 3 is 2.58 bits per heavy atom. The number of likely N-dealkylation sites (tertiary alicyclic amines) is 3. The third-order valence-electron chi connectivity index (χ3n) is 6.35. The van der Waals surface area contributed by atoms with E-state index in [0.29, 0.717) is 19.5 Å². The van der Waals surface area contributed by atoms with Crippen molar-refractivity contribution in [2.45, 2.75) is 50.6 Å². The average Bonchev–Trinajstić information content (AvgIpc) is 3.30. The van der Waals surface area contributed by atoms with Crippen LogP contribution in [0.2, 0.25) is 0 Å². The molecule has 6 heteroatoms. The van der Waals surface area contributed by atoms with Gasteiger partial charge >= 0.3 is 0 Å².